The molecule has 0 aromatic carbocycles. The number of pyridine rings is 1. The highest BCUT2D eigenvalue weighted by Crippen LogP contribution is 2.40. The van der Waals surface area contributed by atoms with Crippen molar-refractivity contribution in [2.24, 2.45) is 7.05 Å². The molecule has 1 saturated carbocycles. The van der Waals surface area contributed by atoms with Crippen LogP contribution in [0.15, 0.2) is 29.3 Å². The molecule has 6 heteroatoms. The Bertz CT molecular complexity index is 699. The first-order valence-corrected chi connectivity index (χ1v) is 7.49. The van der Waals surface area contributed by atoms with Gasteiger partial charge in [-0.05, 0) is 30.4 Å². The van der Waals surface area contributed by atoms with Crippen LogP contribution in [0.1, 0.15) is 30.1 Å². The van der Waals surface area contributed by atoms with Crippen molar-refractivity contribution in [1.29, 1.82) is 0 Å². The first-order chi connectivity index (χ1) is 10.2. The van der Waals surface area contributed by atoms with Gasteiger partial charge in [0.25, 0.3) is 0 Å². The second-order valence-electron chi connectivity index (χ2n) is 6.05. The Balaban J connectivity index is 1.43. The molecule has 2 aromatic rings. The summed E-state index contributed by atoms with van der Waals surface area (Å²) in [5, 5.41) is 4.33. The van der Waals surface area contributed by atoms with Gasteiger partial charge in [-0.3, -0.25) is 14.5 Å². The summed E-state index contributed by atoms with van der Waals surface area (Å²) in [6.07, 6.45) is 6.17. The summed E-state index contributed by atoms with van der Waals surface area (Å²) in [5.41, 5.74) is 1.35. The fourth-order valence-electron chi connectivity index (χ4n) is 3.47. The molecule has 0 amide bonds. The predicted molar refractivity (Wildman–Crippen MR) is 77.9 cm³/mol. The van der Waals surface area contributed by atoms with Crippen molar-refractivity contribution < 1.29 is 0 Å². The van der Waals surface area contributed by atoms with E-state index in [4.69, 9.17) is 0 Å². The largest absolute Gasteiger partial charge is 0.345 e. The van der Waals surface area contributed by atoms with E-state index >= 15 is 0 Å². The zero-order chi connectivity index (χ0) is 14.4. The Hall–Kier alpha value is -1.95. The quantitative estimate of drug-likeness (QED) is 0.816. The lowest BCUT2D eigenvalue weighted by molar-refractivity contribution is 0.0796. The lowest BCUT2D eigenvalue weighted by atomic mass is 9.75. The molecular formula is C15H19N5O. The average Bonchev–Trinajstić information content (AvgIpc) is 2.73. The van der Waals surface area contributed by atoms with Crippen LogP contribution in [0.2, 0.25) is 0 Å². The third kappa shape index (κ3) is 2.10. The number of hydrogen-bond acceptors (Lipinski definition) is 4. The molecular weight excluding hydrogens is 266 g/mol. The van der Waals surface area contributed by atoms with Gasteiger partial charge in [0, 0.05) is 38.6 Å². The summed E-state index contributed by atoms with van der Waals surface area (Å²) in [4.78, 5) is 18.5. The minimum atomic E-state index is 0.00601. The third-order valence-corrected chi connectivity index (χ3v) is 4.83. The lowest BCUT2D eigenvalue weighted by Gasteiger charge is -2.44. The van der Waals surface area contributed by atoms with Crippen molar-refractivity contribution in [3.63, 3.8) is 0 Å². The van der Waals surface area contributed by atoms with Gasteiger partial charge in [-0.1, -0.05) is 6.07 Å². The SMILES string of the molecule is Cn1nc2n(c1=O)CCN(C1CC(c3cccnc3)C1)C2. The zero-order valence-corrected chi connectivity index (χ0v) is 12.1. The highest BCUT2D eigenvalue weighted by molar-refractivity contribution is 5.19. The van der Waals surface area contributed by atoms with Crippen molar-refractivity contribution >= 4 is 0 Å². The van der Waals surface area contributed by atoms with E-state index in [0.29, 0.717) is 12.0 Å². The molecule has 0 atom stereocenters. The molecule has 1 aliphatic heterocycles. The number of aryl methyl sites for hydroxylation is 1. The molecule has 1 fully saturated rings. The third-order valence-electron chi connectivity index (χ3n) is 4.83. The Labute approximate surface area is 123 Å². The molecule has 4 rings (SSSR count). The first kappa shape index (κ1) is 12.8. The van der Waals surface area contributed by atoms with Gasteiger partial charge in [-0.2, -0.15) is 5.10 Å². The highest BCUT2D eigenvalue weighted by atomic mass is 16.2. The van der Waals surface area contributed by atoms with Crippen LogP contribution in [-0.4, -0.2) is 36.8 Å². The van der Waals surface area contributed by atoms with Crippen molar-refractivity contribution in [1.82, 2.24) is 24.2 Å². The average molecular weight is 285 g/mol. The molecule has 3 heterocycles. The van der Waals surface area contributed by atoms with E-state index in [1.54, 1.807) is 11.6 Å². The fourth-order valence-corrected chi connectivity index (χ4v) is 3.47. The molecule has 2 aliphatic rings. The van der Waals surface area contributed by atoms with Crippen LogP contribution >= 0.6 is 0 Å². The van der Waals surface area contributed by atoms with Gasteiger partial charge in [0.2, 0.25) is 0 Å². The van der Waals surface area contributed by atoms with Crippen LogP contribution < -0.4 is 5.69 Å². The van der Waals surface area contributed by atoms with Crippen molar-refractivity contribution in [3.05, 3.63) is 46.4 Å². The standard InChI is InChI=1S/C15H19N5O/c1-18-15(21)20-6-5-19(10-14(20)17-18)13-7-12(8-13)11-3-2-4-16-9-11/h2-4,9,12-13H,5-8,10H2,1H3. The maximum atomic E-state index is 11.8. The molecule has 0 N–H and O–H groups in total. The Morgan fingerprint density at radius 3 is 2.90 bits per heavy atom. The molecule has 0 saturated heterocycles. The summed E-state index contributed by atoms with van der Waals surface area (Å²) in [7, 11) is 1.72. The second-order valence-corrected chi connectivity index (χ2v) is 6.05. The Kier molecular flexibility index (Phi) is 2.92. The zero-order valence-electron chi connectivity index (χ0n) is 12.1. The monoisotopic (exact) mass is 285 g/mol. The smallest absolute Gasteiger partial charge is 0.291 e. The highest BCUT2D eigenvalue weighted by Gasteiger charge is 2.36. The van der Waals surface area contributed by atoms with Gasteiger partial charge in [0.15, 0.2) is 0 Å². The maximum absolute atomic E-state index is 11.8. The summed E-state index contributed by atoms with van der Waals surface area (Å²) in [6.45, 7) is 2.50. The van der Waals surface area contributed by atoms with Crippen LogP contribution in [0, 0.1) is 0 Å². The molecule has 0 bridgehead atoms. The van der Waals surface area contributed by atoms with E-state index in [1.807, 2.05) is 18.5 Å². The summed E-state index contributed by atoms with van der Waals surface area (Å²) >= 11 is 0. The molecule has 2 aromatic heterocycles. The van der Waals surface area contributed by atoms with Gasteiger partial charge in [-0.25, -0.2) is 9.48 Å². The number of aromatic nitrogens is 4. The van der Waals surface area contributed by atoms with Gasteiger partial charge in [0.1, 0.15) is 5.82 Å². The normalized spacial score (nSPS) is 25.4. The summed E-state index contributed by atoms with van der Waals surface area (Å²) in [5.74, 6) is 1.54. The lowest BCUT2D eigenvalue weighted by Crippen LogP contribution is -2.48. The van der Waals surface area contributed by atoms with E-state index in [2.05, 4.69) is 21.0 Å². The van der Waals surface area contributed by atoms with Gasteiger partial charge >= 0.3 is 5.69 Å². The molecule has 21 heavy (non-hydrogen) atoms. The molecule has 0 spiro atoms. The van der Waals surface area contributed by atoms with Crippen LogP contribution in [0.3, 0.4) is 0 Å². The Morgan fingerprint density at radius 1 is 1.29 bits per heavy atom. The molecule has 110 valence electrons. The van der Waals surface area contributed by atoms with Gasteiger partial charge in [0.05, 0.1) is 6.54 Å². The number of rotatable bonds is 2. The van der Waals surface area contributed by atoms with E-state index in [-0.39, 0.29) is 5.69 Å². The van der Waals surface area contributed by atoms with Crippen LogP contribution in [-0.2, 0) is 20.1 Å². The van der Waals surface area contributed by atoms with Crippen LogP contribution in [0.25, 0.3) is 0 Å². The maximum Gasteiger partial charge on any atom is 0.345 e. The minimum absolute atomic E-state index is 0.00601. The molecule has 1 aliphatic carbocycles. The van der Waals surface area contributed by atoms with Gasteiger partial charge < -0.3 is 0 Å². The predicted octanol–water partition coefficient (Wildman–Crippen LogP) is 0.739. The molecule has 0 radical (unpaired) electrons. The number of fused-ring (bicyclic) bond motifs is 1. The second kappa shape index (κ2) is 4.80. The fraction of sp³-hybridized carbons (Fsp3) is 0.533. The molecule has 6 nitrogen and oxygen atoms in total. The van der Waals surface area contributed by atoms with E-state index in [0.717, 1.165) is 25.5 Å². The molecule has 0 unspecified atom stereocenters. The summed E-state index contributed by atoms with van der Waals surface area (Å²) < 4.78 is 3.24. The Morgan fingerprint density at radius 2 is 2.14 bits per heavy atom. The van der Waals surface area contributed by atoms with Gasteiger partial charge in [-0.15, -0.1) is 0 Å². The number of hydrogen-bond donors (Lipinski definition) is 0. The van der Waals surface area contributed by atoms with Crippen molar-refractivity contribution in [2.45, 2.75) is 37.9 Å². The number of nitrogens with zero attached hydrogens (tertiary/aromatic N) is 5. The topological polar surface area (TPSA) is 56.0 Å². The first-order valence-electron chi connectivity index (χ1n) is 7.49. The van der Waals surface area contributed by atoms with E-state index < -0.39 is 0 Å². The van der Waals surface area contributed by atoms with Crippen molar-refractivity contribution in [2.75, 3.05) is 6.54 Å². The van der Waals surface area contributed by atoms with Crippen molar-refractivity contribution in [3.8, 4) is 0 Å². The van der Waals surface area contributed by atoms with E-state index in [9.17, 15) is 4.79 Å². The van der Waals surface area contributed by atoms with E-state index in [1.165, 1.54) is 23.1 Å². The minimum Gasteiger partial charge on any atom is -0.291 e. The van der Waals surface area contributed by atoms with Crippen LogP contribution in [0.4, 0.5) is 0 Å². The van der Waals surface area contributed by atoms with Crippen LogP contribution in [0.5, 0.6) is 0 Å². The summed E-state index contributed by atoms with van der Waals surface area (Å²) in [6, 6.07) is 4.79.